The molecule has 3 heteroatoms. The fourth-order valence-electron chi connectivity index (χ4n) is 3.28. The Morgan fingerprint density at radius 3 is 2.41 bits per heavy atom. The van der Waals surface area contributed by atoms with Crippen molar-refractivity contribution < 1.29 is 9.90 Å². The topological polar surface area (TPSA) is 42.2 Å². The first-order valence-electron chi connectivity index (χ1n) is 8.36. The third-order valence-electron chi connectivity index (χ3n) is 4.50. The molecular formula is C19H27NO2. The van der Waals surface area contributed by atoms with Gasteiger partial charge < -0.3 is 9.67 Å². The fourth-order valence-corrected chi connectivity index (χ4v) is 3.28. The van der Waals surface area contributed by atoms with Crippen molar-refractivity contribution in [2.24, 2.45) is 0 Å². The third kappa shape index (κ3) is 3.03. The molecule has 2 rings (SSSR count). The average Bonchev–Trinajstić information content (AvgIpc) is 2.75. The summed E-state index contributed by atoms with van der Waals surface area (Å²) in [5, 5.41) is 10.5. The number of carbonyl (C=O) groups is 1. The van der Waals surface area contributed by atoms with Gasteiger partial charge >= 0.3 is 5.97 Å². The lowest BCUT2D eigenvalue weighted by atomic mass is 10.0. The van der Waals surface area contributed by atoms with Crippen molar-refractivity contribution >= 4 is 16.9 Å². The first-order valence-corrected chi connectivity index (χ1v) is 8.36. The van der Waals surface area contributed by atoms with Crippen LogP contribution in [0.15, 0.2) is 12.1 Å². The van der Waals surface area contributed by atoms with E-state index in [0.717, 1.165) is 49.6 Å². The molecule has 0 amide bonds. The molecule has 0 aliphatic carbocycles. The van der Waals surface area contributed by atoms with Gasteiger partial charge in [0.15, 0.2) is 0 Å². The molecule has 0 saturated heterocycles. The quantitative estimate of drug-likeness (QED) is 0.773. The predicted molar refractivity (Wildman–Crippen MR) is 91.9 cm³/mol. The zero-order valence-corrected chi connectivity index (χ0v) is 14.2. The van der Waals surface area contributed by atoms with Gasteiger partial charge in [0, 0.05) is 17.6 Å². The van der Waals surface area contributed by atoms with E-state index in [-0.39, 0.29) is 0 Å². The van der Waals surface area contributed by atoms with Crippen molar-refractivity contribution in [1.29, 1.82) is 0 Å². The lowest BCUT2D eigenvalue weighted by Crippen LogP contribution is -2.02. The molecule has 2 aromatic rings. The Bertz CT molecular complexity index is 683. The number of aryl methyl sites for hydroxylation is 3. The van der Waals surface area contributed by atoms with Gasteiger partial charge in [0.05, 0.1) is 11.1 Å². The van der Waals surface area contributed by atoms with Crippen LogP contribution >= 0.6 is 0 Å². The Balaban J connectivity index is 2.68. The Hall–Kier alpha value is -1.77. The maximum absolute atomic E-state index is 11.4. The van der Waals surface area contributed by atoms with Crippen LogP contribution in [0.5, 0.6) is 0 Å². The largest absolute Gasteiger partial charge is 0.478 e. The molecular weight excluding hydrogens is 274 g/mol. The number of hydrogen-bond acceptors (Lipinski definition) is 1. The predicted octanol–water partition coefficient (Wildman–Crippen LogP) is 5.10. The summed E-state index contributed by atoms with van der Waals surface area (Å²) < 4.78 is 2.39. The Labute approximate surface area is 133 Å². The molecule has 0 saturated carbocycles. The highest BCUT2D eigenvalue weighted by molar-refractivity contribution is 5.97. The van der Waals surface area contributed by atoms with Crippen molar-refractivity contribution in [3.8, 4) is 0 Å². The average molecular weight is 301 g/mol. The first kappa shape index (κ1) is 16.6. The van der Waals surface area contributed by atoms with Crippen LogP contribution in [0.2, 0.25) is 0 Å². The molecule has 0 fully saturated rings. The molecule has 0 atom stereocenters. The van der Waals surface area contributed by atoms with Crippen LogP contribution in [0.25, 0.3) is 10.9 Å². The number of aromatic carboxylic acids is 1. The smallest absolute Gasteiger partial charge is 0.335 e. The highest BCUT2D eigenvalue weighted by Gasteiger charge is 2.17. The van der Waals surface area contributed by atoms with Crippen LogP contribution in [0, 0.1) is 13.8 Å². The van der Waals surface area contributed by atoms with Crippen LogP contribution in [-0.2, 0) is 13.0 Å². The van der Waals surface area contributed by atoms with Gasteiger partial charge in [-0.05, 0) is 56.4 Å². The Morgan fingerprint density at radius 1 is 1.14 bits per heavy atom. The SMILES string of the molecule is CCCCc1c(C)n(CCCC)c2c(C)cc(C(=O)O)cc12. The maximum Gasteiger partial charge on any atom is 0.335 e. The molecule has 1 aromatic heterocycles. The van der Waals surface area contributed by atoms with Crippen LogP contribution < -0.4 is 0 Å². The minimum atomic E-state index is -0.842. The number of carboxylic acid groups (broad SMARTS) is 1. The van der Waals surface area contributed by atoms with E-state index in [1.807, 2.05) is 13.0 Å². The lowest BCUT2D eigenvalue weighted by Gasteiger charge is -2.10. The molecule has 0 spiro atoms. The van der Waals surface area contributed by atoms with Gasteiger partial charge in [-0.3, -0.25) is 0 Å². The van der Waals surface area contributed by atoms with Gasteiger partial charge in [-0.2, -0.15) is 0 Å². The minimum Gasteiger partial charge on any atom is -0.478 e. The van der Waals surface area contributed by atoms with Crippen molar-refractivity contribution in [3.05, 3.63) is 34.5 Å². The summed E-state index contributed by atoms with van der Waals surface area (Å²) in [4.78, 5) is 11.4. The van der Waals surface area contributed by atoms with E-state index < -0.39 is 5.97 Å². The second-order valence-electron chi connectivity index (χ2n) is 6.17. The van der Waals surface area contributed by atoms with Crippen LogP contribution in [-0.4, -0.2) is 15.6 Å². The first-order chi connectivity index (χ1) is 10.5. The molecule has 1 aromatic carbocycles. The maximum atomic E-state index is 11.4. The van der Waals surface area contributed by atoms with E-state index >= 15 is 0 Å². The van der Waals surface area contributed by atoms with E-state index in [0.29, 0.717) is 5.56 Å². The van der Waals surface area contributed by atoms with E-state index in [4.69, 9.17) is 0 Å². The molecule has 1 heterocycles. The van der Waals surface area contributed by atoms with Crippen LogP contribution in [0.3, 0.4) is 0 Å². The number of unbranched alkanes of at least 4 members (excludes halogenated alkanes) is 2. The molecule has 0 aliphatic heterocycles. The zero-order chi connectivity index (χ0) is 16.3. The molecule has 0 unspecified atom stereocenters. The summed E-state index contributed by atoms with van der Waals surface area (Å²) in [6.45, 7) is 9.62. The van der Waals surface area contributed by atoms with Crippen molar-refractivity contribution in [1.82, 2.24) is 4.57 Å². The van der Waals surface area contributed by atoms with Gasteiger partial charge in [0.25, 0.3) is 0 Å². The highest BCUT2D eigenvalue weighted by atomic mass is 16.4. The number of rotatable bonds is 7. The molecule has 1 N–H and O–H groups in total. The monoisotopic (exact) mass is 301 g/mol. The number of aromatic nitrogens is 1. The molecule has 0 bridgehead atoms. The van der Waals surface area contributed by atoms with E-state index in [9.17, 15) is 9.90 Å². The summed E-state index contributed by atoms with van der Waals surface area (Å²) in [5.74, 6) is -0.842. The number of nitrogens with zero attached hydrogens (tertiary/aromatic N) is 1. The van der Waals surface area contributed by atoms with Crippen molar-refractivity contribution in [2.45, 2.75) is 66.3 Å². The number of fused-ring (bicyclic) bond motifs is 1. The highest BCUT2D eigenvalue weighted by Crippen LogP contribution is 2.31. The molecule has 0 radical (unpaired) electrons. The molecule has 120 valence electrons. The molecule has 22 heavy (non-hydrogen) atoms. The number of carboxylic acids is 1. The Kier molecular flexibility index (Phi) is 5.28. The van der Waals surface area contributed by atoms with Crippen LogP contribution in [0.1, 0.15) is 66.7 Å². The van der Waals surface area contributed by atoms with E-state index in [1.54, 1.807) is 6.07 Å². The standard InChI is InChI=1S/C19H27NO2/c1-5-7-9-16-14(4)20(10-8-6-2)18-13(3)11-15(19(21)22)12-17(16)18/h11-12H,5-10H2,1-4H3,(H,21,22). The van der Waals surface area contributed by atoms with E-state index in [1.165, 1.54) is 16.8 Å². The number of hydrogen-bond donors (Lipinski definition) is 1. The normalized spacial score (nSPS) is 11.3. The summed E-state index contributed by atoms with van der Waals surface area (Å²) in [6, 6.07) is 3.67. The van der Waals surface area contributed by atoms with Crippen molar-refractivity contribution in [2.75, 3.05) is 0 Å². The minimum absolute atomic E-state index is 0.399. The summed E-state index contributed by atoms with van der Waals surface area (Å²) >= 11 is 0. The van der Waals surface area contributed by atoms with Crippen LogP contribution in [0.4, 0.5) is 0 Å². The van der Waals surface area contributed by atoms with Gasteiger partial charge in [-0.25, -0.2) is 4.79 Å². The van der Waals surface area contributed by atoms with Gasteiger partial charge in [-0.15, -0.1) is 0 Å². The van der Waals surface area contributed by atoms with E-state index in [2.05, 4.69) is 25.3 Å². The second-order valence-corrected chi connectivity index (χ2v) is 6.17. The number of benzene rings is 1. The Morgan fingerprint density at radius 2 is 1.82 bits per heavy atom. The third-order valence-corrected chi connectivity index (χ3v) is 4.50. The molecule has 3 nitrogen and oxygen atoms in total. The molecule has 0 aliphatic rings. The van der Waals surface area contributed by atoms with Gasteiger partial charge in [0.2, 0.25) is 0 Å². The summed E-state index contributed by atoms with van der Waals surface area (Å²) in [7, 11) is 0. The summed E-state index contributed by atoms with van der Waals surface area (Å²) in [5.41, 5.74) is 5.33. The summed E-state index contributed by atoms with van der Waals surface area (Å²) in [6.07, 6.45) is 5.64. The van der Waals surface area contributed by atoms with Gasteiger partial charge in [0.1, 0.15) is 0 Å². The zero-order valence-electron chi connectivity index (χ0n) is 14.2. The lowest BCUT2D eigenvalue weighted by molar-refractivity contribution is 0.0697. The fraction of sp³-hybridized carbons (Fsp3) is 0.526. The van der Waals surface area contributed by atoms with Crippen molar-refractivity contribution in [3.63, 3.8) is 0 Å². The van der Waals surface area contributed by atoms with Gasteiger partial charge in [-0.1, -0.05) is 26.7 Å². The second kappa shape index (κ2) is 6.99.